The molecule has 0 spiro atoms. The smallest absolute Gasteiger partial charge is 0.232 e. The number of aromatic nitrogens is 2. The zero-order chi connectivity index (χ0) is 24.1. The molecule has 3 fully saturated rings. The maximum Gasteiger partial charge on any atom is 0.232 e. The largest absolute Gasteiger partial charge is 0.361 e. The number of hydrogen-bond donors (Lipinski definition) is 2. The van der Waals surface area contributed by atoms with E-state index in [9.17, 15) is 0 Å². The van der Waals surface area contributed by atoms with Crippen LogP contribution >= 0.6 is 12.2 Å². The highest BCUT2D eigenvalue weighted by Gasteiger charge is 2.35. The van der Waals surface area contributed by atoms with Crippen LogP contribution in [0.25, 0.3) is 0 Å². The lowest BCUT2D eigenvalue weighted by atomic mass is 9.79. The van der Waals surface area contributed by atoms with E-state index in [1.807, 2.05) is 0 Å². The number of rotatable bonds is 6. The van der Waals surface area contributed by atoms with Crippen molar-refractivity contribution >= 4 is 34.9 Å². The summed E-state index contributed by atoms with van der Waals surface area (Å²) in [4.78, 5) is 14.7. The third kappa shape index (κ3) is 5.88. The maximum atomic E-state index is 5.76. The molecule has 188 valence electrons. The van der Waals surface area contributed by atoms with Gasteiger partial charge in [-0.25, -0.2) is 0 Å². The molecule has 1 aromatic carbocycles. The highest BCUT2D eigenvalue weighted by molar-refractivity contribution is 7.80. The third-order valence-electron chi connectivity index (χ3n) is 8.25. The standard InChI is InChI=1S/C28H40N6S/c1-22-12-18-34(19-13-22)25-20-24(33-16-8-3-9-17-33)30-26(31-25)32-27(35)29-21-28(14-6-7-15-28)23-10-4-2-5-11-23/h2,4-5,10-11,20,22H,3,6-9,12-19,21H2,1H3,(H2,29,30,31,32,35). The Hall–Kier alpha value is -2.41. The molecule has 2 N–H and O–H groups in total. The van der Waals surface area contributed by atoms with Crippen molar-refractivity contribution in [1.82, 2.24) is 15.3 Å². The lowest BCUT2D eigenvalue weighted by Gasteiger charge is -2.33. The molecule has 2 saturated heterocycles. The molecule has 2 aromatic rings. The van der Waals surface area contributed by atoms with E-state index in [-0.39, 0.29) is 5.41 Å². The summed E-state index contributed by atoms with van der Waals surface area (Å²) in [5.74, 6) is 3.44. The number of piperidine rings is 2. The van der Waals surface area contributed by atoms with Gasteiger partial charge in [0.05, 0.1) is 0 Å². The normalized spacial score (nSPS) is 20.6. The Bertz CT molecular complexity index is 976. The topological polar surface area (TPSA) is 56.3 Å². The predicted molar refractivity (Wildman–Crippen MR) is 150 cm³/mol. The second-order valence-electron chi connectivity index (χ2n) is 10.8. The van der Waals surface area contributed by atoms with Crippen LogP contribution in [0.15, 0.2) is 36.4 Å². The lowest BCUT2D eigenvalue weighted by Crippen LogP contribution is -2.41. The van der Waals surface area contributed by atoms with Crippen molar-refractivity contribution in [3.05, 3.63) is 42.0 Å². The molecule has 2 aliphatic heterocycles. The van der Waals surface area contributed by atoms with Crippen LogP contribution in [0.4, 0.5) is 17.6 Å². The molecule has 5 rings (SSSR count). The zero-order valence-corrected chi connectivity index (χ0v) is 22.0. The van der Waals surface area contributed by atoms with E-state index in [2.05, 4.69) is 63.8 Å². The van der Waals surface area contributed by atoms with Gasteiger partial charge in [0.15, 0.2) is 5.11 Å². The Morgan fingerprint density at radius 1 is 0.914 bits per heavy atom. The van der Waals surface area contributed by atoms with Gasteiger partial charge in [-0.3, -0.25) is 0 Å². The summed E-state index contributed by atoms with van der Waals surface area (Å²) in [5, 5.41) is 7.49. The molecular weight excluding hydrogens is 452 g/mol. The summed E-state index contributed by atoms with van der Waals surface area (Å²) >= 11 is 5.76. The number of nitrogens with one attached hydrogen (secondary N) is 2. The molecule has 1 aromatic heterocycles. The molecular formula is C28H40N6S. The van der Waals surface area contributed by atoms with Crippen molar-refractivity contribution in [3.8, 4) is 0 Å². The summed E-state index contributed by atoms with van der Waals surface area (Å²) in [6.45, 7) is 7.43. The lowest BCUT2D eigenvalue weighted by molar-refractivity contribution is 0.435. The van der Waals surface area contributed by atoms with Crippen molar-refractivity contribution in [2.75, 3.05) is 47.8 Å². The quantitative estimate of drug-likeness (QED) is 0.516. The predicted octanol–water partition coefficient (Wildman–Crippen LogP) is 5.50. The summed E-state index contributed by atoms with van der Waals surface area (Å²) in [7, 11) is 0. The Labute approximate surface area is 215 Å². The highest BCUT2D eigenvalue weighted by Crippen LogP contribution is 2.40. The van der Waals surface area contributed by atoms with Gasteiger partial charge in [-0.05, 0) is 68.6 Å². The molecule has 0 atom stereocenters. The number of benzene rings is 1. The molecule has 0 radical (unpaired) electrons. The SMILES string of the molecule is CC1CCN(c2cc(N3CCCCC3)nc(NC(=S)NCC3(c4ccccc4)CCCC3)n2)CC1. The molecule has 1 saturated carbocycles. The first-order chi connectivity index (χ1) is 17.1. The van der Waals surface area contributed by atoms with Crippen LogP contribution in [0.5, 0.6) is 0 Å². The zero-order valence-electron chi connectivity index (χ0n) is 21.1. The highest BCUT2D eigenvalue weighted by atomic mass is 32.1. The molecule has 6 nitrogen and oxygen atoms in total. The van der Waals surface area contributed by atoms with Crippen molar-refractivity contribution < 1.29 is 0 Å². The molecule has 7 heteroatoms. The van der Waals surface area contributed by atoms with Crippen LogP contribution in [-0.4, -0.2) is 47.8 Å². The minimum absolute atomic E-state index is 0.152. The van der Waals surface area contributed by atoms with Crippen molar-refractivity contribution in [1.29, 1.82) is 0 Å². The molecule has 3 aliphatic rings. The van der Waals surface area contributed by atoms with Crippen LogP contribution < -0.4 is 20.4 Å². The first kappa shape index (κ1) is 24.3. The molecule has 3 heterocycles. The number of hydrogen-bond acceptors (Lipinski definition) is 5. The monoisotopic (exact) mass is 492 g/mol. The Balaban J connectivity index is 1.30. The van der Waals surface area contributed by atoms with Gasteiger partial charge in [0, 0.05) is 44.2 Å². The fourth-order valence-electron chi connectivity index (χ4n) is 5.97. The number of anilines is 3. The van der Waals surface area contributed by atoms with Gasteiger partial charge >= 0.3 is 0 Å². The summed E-state index contributed by atoms with van der Waals surface area (Å²) < 4.78 is 0. The average Bonchev–Trinajstić information content (AvgIpc) is 3.39. The maximum absolute atomic E-state index is 5.76. The van der Waals surface area contributed by atoms with E-state index in [1.54, 1.807) is 0 Å². The molecule has 0 unspecified atom stereocenters. The van der Waals surface area contributed by atoms with E-state index in [1.165, 1.54) is 63.4 Å². The Morgan fingerprint density at radius 3 is 2.20 bits per heavy atom. The fraction of sp³-hybridized carbons (Fsp3) is 0.607. The van der Waals surface area contributed by atoms with Crippen LogP contribution in [0.1, 0.15) is 70.3 Å². The summed E-state index contributed by atoms with van der Waals surface area (Å²) in [6, 6.07) is 13.1. The molecule has 1 aliphatic carbocycles. The van der Waals surface area contributed by atoms with Gasteiger partial charge in [0.25, 0.3) is 0 Å². The van der Waals surface area contributed by atoms with Gasteiger partial charge in [-0.2, -0.15) is 9.97 Å². The van der Waals surface area contributed by atoms with Crippen molar-refractivity contribution in [2.24, 2.45) is 5.92 Å². The van der Waals surface area contributed by atoms with Crippen LogP contribution in [0, 0.1) is 5.92 Å². The van der Waals surface area contributed by atoms with Crippen LogP contribution in [-0.2, 0) is 5.41 Å². The van der Waals surface area contributed by atoms with E-state index >= 15 is 0 Å². The van der Waals surface area contributed by atoms with Gasteiger partial charge in [0.2, 0.25) is 5.95 Å². The Morgan fingerprint density at radius 2 is 1.54 bits per heavy atom. The molecule has 35 heavy (non-hydrogen) atoms. The molecule has 0 bridgehead atoms. The minimum atomic E-state index is 0.152. The van der Waals surface area contributed by atoms with E-state index < -0.39 is 0 Å². The van der Waals surface area contributed by atoms with Crippen LogP contribution in [0.3, 0.4) is 0 Å². The second-order valence-corrected chi connectivity index (χ2v) is 11.2. The van der Waals surface area contributed by atoms with Gasteiger partial charge < -0.3 is 20.4 Å². The Kier molecular flexibility index (Phi) is 7.71. The minimum Gasteiger partial charge on any atom is -0.361 e. The first-order valence-electron chi connectivity index (χ1n) is 13.6. The third-order valence-corrected chi connectivity index (χ3v) is 8.49. The van der Waals surface area contributed by atoms with Gasteiger partial charge in [-0.1, -0.05) is 50.1 Å². The van der Waals surface area contributed by atoms with E-state index in [0.717, 1.165) is 50.3 Å². The van der Waals surface area contributed by atoms with E-state index in [4.69, 9.17) is 22.2 Å². The molecule has 0 amide bonds. The van der Waals surface area contributed by atoms with Crippen LogP contribution in [0.2, 0.25) is 0 Å². The number of nitrogens with zero attached hydrogens (tertiary/aromatic N) is 4. The fourth-order valence-corrected chi connectivity index (χ4v) is 6.13. The first-order valence-corrected chi connectivity index (χ1v) is 14.0. The summed E-state index contributed by atoms with van der Waals surface area (Å²) in [5.41, 5.74) is 1.57. The number of thiocarbonyl (C=S) groups is 1. The summed E-state index contributed by atoms with van der Waals surface area (Å²) in [6.07, 6.45) is 11.1. The van der Waals surface area contributed by atoms with Crippen molar-refractivity contribution in [2.45, 2.75) is 70.1 Å². The average molecular weight is 493 g/mol. The van der Waals surface area contributed by atoms with E-state index in [0.29, 0.717) is 11.1 Å². The van der Waals surface area contributed by atoms with Gasteiger partial charge in [-0.15, -0.1) is 0 Å². The van der Waals surface area contributed by atoms with Crippen molar-refractivity contribution in [3.63, 3.8) is 0 Å². The second kappa shape index (κ2) is 11.1. The van der Waals surface area contributed by atoms with Gasteiger partial charge in [0.1, 0.15) is 11.6 Å².